The molecule has 0 aliphatic carbocycles. The maximum atomic E-state index is 14.7. The van der Waals surface area contributed by atoms with Crippen molar-refractivity contribution in [1.82, 2.24) is 15.3 Å². The summed E-state index contributed by atoms with van der Waals surface area (Å²) in [7, 11) is 0. The summed E-state index contributed by atoms with van der Waals surface area (Å²) in [6.45, 7) is 0. The van der Waals surface area contributed by atoms with Crippen LogP contribution >= 0.6 is 24.8 Å². The van der Waals surface area contributed by atoms with Crippen LogP contribution in [0.3, 0.4) is 0 Å². The lowest BCUT2D eigenvalue weighted by Crippen LogP contribution is -2.35. The quantitative estimate of drug-likeness (QED) is 0.308. The predicted octanol–water partition coefficient (Wildman–Crippen LogP) is 5.68. The molecule has 2 aromatic heterocycles. The van der Waals surface area contributed by atoms with Gasteiger partial charge in [-0.1, -0.05) is 24.0 Å². The van der Waals surface area contributed by atoms with E-state index in [1.54, 1.807) is 30.6 Å². The number of benzene rings is 2. The van der Waals surface area contributed by atoms with E-state index in [4.69, 9.17) is 4.74 Å². The van der Waals surface area contributed by atoms with Crippen LogP contribution in [0.5, 0.6) is 11.5 Å². The van der Waals surface area contributed by atoms with Crippen LogP contribution in [0, 0.1) is 23.5 Å². The van der Waals surface area contributed by atoms with E-state index in [0.29, 0.717) is 22.4 Å². The van der Waals surface area contributed by atoms with E-state index in [9.17, 15) is 18.4 Å². The molecule has 2 heterocycles. The van der Waals surface area contributed by atoms with E-state index in [2.05, 4.69) is 32.4 Å². The fourth-order valence-corrected chi connectivity index (χ4v) is 3.04. The van der Waals surface area contributed by atoms with Gasteiger partial charge in [-0.05, 0) is 42.0 Å². The van der Waals surface area contributed by atoms with E-state index in [1.165, 1.54) is 48.8 Å². The Morgan fingerprint density at radius 1 is 0.868 bits per heavy atom. The molecule has 0 saturated heterocycles. The van der Waals surface area contributed by atoms with Crippen LogP contribution in [-0.4, -0.2) is 21.9 Å². The molecule has 0 atom stereocenters. The summed E-state index contributed by atoms with van der Waals surface area (Å²) >= 11 is 0. The Morgan fingerprint density at radius 3 is 2.34 bits per heavy atom. The van der Waals surface area contributed by atoms with Crippen molar-refractivity contribution in [3.05, 3.63) is 114 Å². The number of imide groups is 1. The molecule has 11 heteroatoms. The highest BCUT2D eigenvalue weighted by atomic mass is 35.5. The Morgan fingerprint density at radius 2 is 1.63 bits per heavy atom. The van der Waals surface area contributed by atoms with Gasteiger partial charge in [0, 0.05) is 48.2 Å². The minimum atomic E-state index is -0.836. The average Bonchev–Trinajstić information content (AvgIpc) is 2.87. The number of nitrogens with zero attached hydrogens (tertiary/aromatic N) is 2. The molecule has 0 radical (unpaired) electrons. The number of nitrogens with one attached hydrogen (secondary N) is 2. The van der Waals surface area contributed by atoms with Gasteiger partial charge >= 0.3 is 6.03 Å². The predicted molar refractivity (Wildman–Crippen MR) is 143 cm³/mol. The topological polar surface area (TPSA) is 93.2 Å². The summed E-state index contributed by atoms with van der Waals surface area (Å²) in [5.41, 5.74) is 1.79. The number of amides is 3. The van der Waals surface area contributed by atoms with Crippen molar-refractivity contribution in [2.24, 2.45) is 0 Å². The van der Waals surface area contributed by atoms with Gasteiger partial charge in [0.25, 0.3) is 0 Å². The molecule has 3 amide bonds. The maximum absolute atomic E-state index is 14.7. The molecule has 0 fully saturated rings. The third kappa shape index (κ3) is 8.55. The Labute approximate surface area is 229 Å². The first-order valence-corrected chi connectivity index (χ1v) is 10.6. The normalized spacial score (nSPS) is 9.53. The number of hydrogen-bond donors (Lipinski definition) is 2. The van der Waals surface area contributed by atoms with Crippen molar-refractivity contribution in [2.75, 3.05) is 5.32 Å². The summed E-state index contributed by atoms with van der Waals surface area (Å²) in [6, 6.07) is 13.4. The van der Waals surface area contributed by atoms with Crippen LogP contribution in [0.2, 0.25) is 0 Å². The van der Waals surface area contributed by atoms with Crippen molar-refractivity contribution >= 4 is 42.4 Å². The molecule has 4 rings (SSSR count). The Balaban J connectivity index is 0.00000253. The second kappa shape index (κ2) is 14.3. The van der Waals surface area contributed by atoms with Crippen molar-refractivity contribution in [2.45, 2.75) is 6.42 Å². The number of urea groups is 1. The average molecular weight is 557 g/mol. The first-order valence-electron chi connectivity index (χ1n) is 10.6. The number of aromatic nitrogens is 2. The molecule has 0 bridgehead atoms. The van der Waals surface area contributed by atoms with E-state index >= 15 is 0 Å². The molecule has 38 heavy (non-hydrogen) atoms. The van der Waals surface area contributed by atoms with Gasteiger partial charge in [0.15, 0.2) is 11.6 Å². The lowest BCUT2D eigenvalue weighted by Gasteiger charge is -2.11. The highest BCUT2D eigenvalue weighted by Crippen LogP contribution is 2.28. The first kappa shape index (κ1) is 29.7. The van der Waals surface area contributed by atoms with Gasteiger partial charge in [-0.15, -0.1) is 24.8 Å². The standard InChI is InChI=1S/C27H18F2N4O3.2ClH/c28-21-7-4-18(5-8-21)14-26(34)33-27(35)32-22-9-10-25(23(29)15-22)36-24-11-13-31-17-20(24)6-3-19-2-1-12-30-16-19;;/h1-2,4-5,7-13,15-17H,14H2,(H2,32,33,34,35);2*1H. The Bertz CT molecular complexity index is 1460. The fraction of sp³-hybridized carbons (Fsp3) is 0.0370. The van der Waals surface area contributed by atoms with Crippen LogP contribution in [0.1, 0.15) is 16.7 Å². The monoisotopic (exact) mass is 556 g/mol. The zero-order valence-electron chi connectivity index (χ0n) is 19.5. The lowest BCUT2D eigenvalue weighted by atomic mass is 10.1. The summed E-state index contributed by atoms with van der Waals surface area (Å²) in [6.07, 6.45) is 6.13. The van der Waals surface area contributed by atoms with Gasteiger partial charge in [-0.3, -0.25) is 20.1 Å². The zero-order chi connectivity index (χ0) is 25.3. The maximum Gasteiger partial charge on any atom is 0.325 e. The molecular formula is C27H20Cl2F2N4O3. The minimum Gasteiger partial charge on any atom is -0.453 e. The number of pyridine rings is 2. The SMILES string of the molecule is Cl.Cl.O=C(Cc1ccc(F)cc1)NC(=O)Nc1ccc(Oc2ccncc2C#Cc2cccnc2)c(F)c1. The van der Waals surface area contributed by atoms with Crippen molar-refractivity contribution < 1.29 is 23.1 Å². The number of carbonyl (C=O) groups is 2. The Hall–Kier alpha value is -4.52. The van der Waals surface area contributed by atoms with E-state index in [0.717, 1.165) is 6.07 Å². The summed E-state index contributed by atoms with van der Waals surface area (Å²) in [4.78, 5) is 32.2. The fourth-order valence-electron chi connectivity index (χ4n) is 3.04. The molecule has 0 spiro atoms. The van der Waals surface area contributed by atoms with Gasteiger partial charge in [0.2, 0.25) is 5.91 Å². The third-order valence-electron chi connectivity index (χ3n) is 4.72. The third-order valence-corrected chi connectivity index (χ3v) is 4.72. The highest BCUT2D eigenvalue weighted by Gasteiger charge is 2.12. The van der Waals surface area contributed by atoms with Gasteiger partial charge < -0.3 is 10.1 Å². The number of anilines is 1. The van der Waals surface area contributed by atoms with E-state index in [1.807, 2.05) is 0 Å². The van der Waals surface area contributed by atoms with Crippen LogP contribution in [-0.2, 0) is 11.2 Å². The second-order valence-corrected chi connectivity index (χ2v) is 7.42. The van der Waals surface area contributed by atoms with Crippen LogP contribution < -0.4 is 15.4 Å². The molecule has 4 aromatic rings. The van der Waals surface area contributed by atoms with Gasteiger partial charge in [0.1, 0.15) is 11.6 Å². The summed E-state index contributed by atoms with van der Waals surface area (Å²) in [5.74, 6) is 4.30. The molecule has 0 aliphatic heterocycles. The molecule has 0 saturated carbocycles. The number of halogens is 4. The van der Waals surface area contributed by atoms with E-state index in [-0.39, 0.29) is 42.7 Å². The second-order valence-electron chi connectivity index (χ2n) is 7.42. The lowest BCUT2D eigenvalue weighted by molar-refractivity contribution is -0.119. The van der Waals surface area contributed by atoms with E-state index < -0.39 is 23.6 Å². The van der Waals surface area contributed by atoms with Crippen LogP contribution in [0.15, 0.2) is 85.5 Å². The molecule has 2 N–H and O–H groups in total. The highest BCUT2D eigenvalue weighted by molar-refractivity contribution is 6.01. The molecule has 2 aromatic carbocycles. The number of carbonyl (C=O) groups excluding carboxylic acids is 2. The molecular weight excluding hydrogens is 537 g/mol. The minimum absolute atomic E-state index is 0. The number of rotatable bonds is 5. The van der Waals surface area contributed by atoms with Crippen LogP contribution in [0.25, 0.3) is 0 Å². The van der Waals surface area contributed by atoms with Crippen molar-refractivity contribution in [3.63, 3.8) is 0 Å². The first-order chi connectivity index (χ1) is 17.5. The summed E-state index contributed by atoms with van der Waals surface area (Å²) < 4.78 is 33.3. The molecule has 0 aliphatic rings. The number of ether oxygens (including phenoxy) is 1. The van der Waals surface area contributed by atoms with Gasteiger partial charge in [0.05, 0.1) is 12.0 Å². The van der Waals surface area contributed by atoms with Crippen molar-refractivity contribution in [1.29, 1.82) is 0 Å². The molecule has 7 nitrogen and oxygen atoms in total. The largest absolute Gasteiger partial charge is 0.453 e. The Kier molecular flexibility index (Phi) is 11.2. The van der Waals surface area contributed by atoms with Crippen LogP contribution in [0.4, 0.5) is 19.3 Å². The van der Waals surface area contributed by atoms with Gasteiger partial charge in [-0.2, -0.15) is 0 Å². The molecule has 194 valence electrons. The zero-order valence-corrected chi connectivity index (χ0v) is 21.1. The summed E-state index contributed by atoms with van der Waals surface area (Å²) in [5, 5.41) is 4.52. The van der Waals surface area contributed by atoms with Gasteiger partial charge in [-0.25, -0.2) is 13.6 Å². The smallest absolute Gasteiger partial charge is 0.325 e. The van der Waals surface area contributed by atoms with Crippen molar-refractivity contribution in [3.8, 4) is 23.3 Å². The number of hydrogen-bond acceptors (Lipinski definition) is 5. The molecule has 0 unspecified atom stereocenters.